The molecule has 0 saturated heterocycles. The number of carbonyl (C=O) groups is 1. The predicted molar refractivity (Wildman–Crippen MR) is 83.9 cm³/mol. The lowest BCUT2D eigenvalue weighted by Gasteiger charge is -2.08. The van der Waals surface area contributed by atoms with Crippen LogP contribution in [0.4, 0.5) is 5.69 Å². The number of nitrogens with two attached hydrogens (primary N) is 1. The van der Waals surface area contributed by atoms with E-state index in [-0.39, 0.29) is 5.91 Å². The van der Waals surface area contributed by atoms with Gasteiger partial charge in [0.15, 0.2) is 0 Å². The van der Waals surface area contributed by atoms with E-state index in [1.807, 2.05) is 24.3 Å². The van der Waals surface area contributed by atoms with Crippen LogP contribution in [0.5, 0.6) is 0 Å². The molecule has 0 unspecified atom stereocenters. The normalized spacial score (nSPS) is 10.2. The molecular formula is C14H12Br2N2O. The lowest BCUT2D eigenvalue weighted by molar-refractivity contribution is 0.0950. The Labute approximate surface area is 128 Å². The number of rotatable bonds is 3. The van der Waals surface area contributed by atoms with E-state index in [0.29, 0.717) is 22.3 Å². The molecule has 3 N–H and O–H groups in total. The molecule has 0 bridgehead atoms. The van der Waals surface area contributed by atoms with Gasteiger partial charge in [-0.25, -0.2) is 0 Å². The second-order valence-corrected chi connectivity index (χ2v) is 5.73. The Kier molecular flexibility index (Phi) is 4.61. The molecule has 2 rings (SSSR count). The number of nitrogens with one attached hydrogen (secondary N) is 1. The Morgan fingerprint density at radius 3 is 2.47 bits per heavy atom. The molecule has 0 saturated carbocycles. The van der Waals surface area contributed by atoms with Crippen molar-refractivity contribution in [2.45, 2.75) is 6.54 Å². The molecule has 0 heterocycles. The third-order valence-corrected chi connectivity index (χ3v) is 4.05. The SMILES string of the molecule is Nc1cccc(C(=O)NCc2ccc(Br)cc2)c1Br. The Morgan fingerprint density at radius 2 is 1.79 bits per heavy atom. The third kappa shape index (κ3) is 3.58. The van der Waals surface area contributed by atoms with Crippen molar-refractivity contribution in [1.29, 1.82) is 0 Å². The minimum atomic E-state index is -0.151. The largest absolute Gasteiger partial charge is 0.398 e. The molecule has 0 aliphatic heterocycles. The molecule has 0 aromatic heterocycles. The van der Waals surface area contributed by atoms with Crippen LogP contribution in [0.3, 0.4) is 0 Å². The summed E-state index contributed by atoms with van der Waals surface area (Å²) in [6.07, 6.45) is 0. The number of hydrogen-bond donors (Lipinski definition) is 2. The average Bonchev–Trinajstić information content (AvgIpc) is 2.41. The van der Waals surface area contributed by atoms with Gasteiger partial charge in [-0.3, -0.25) is 4.79 Å². The van der Waals surface area contributed by atoms with Gasteiger partial charge in [-0.2, -0.15) is 0 Å². The fourth-order valence-electron chi connectivity index (χ4n) is 1.61. The van der Waals surface area contributed by atoms with E-state index in [9.17, 15) is 4.79 Å². The summed E-state index contributed by atoms with van der Waals surface area (Å²) in [5.74, 6) is -0.151. The quantitative estimate of drug-likeness (QED) is 0.793. The van der Waals surface area contributed by atoms with E-state index in [1.165, 1.54) is 0 Å². The van der Waals surface area contributed by atoms with Gasteiger partial charge in [-0.05, 0) is 45.8 Å². The summed E-state index contributed by atoms with van der Waals surface area (Å²) in [6, 6.07) is 13.0. The van der Waals surface area contributed by atoms with Crippen molar-refractivity contribution in [3.63, 3.8) is 0 Å². The van der Waals surface area contributed by atoms with Crippen LogP contribution >= 0.6 is 31.9 Å². The van der Waals surface area contributed by atoms with Gasteiger partial charge >= 0.3 is 0 Å². The van der Waals surface area contributed by atoms with Crippen LogP contribution in [0, 0.1) is 0 Å². The lowest BCUT2D eigenvalue weighted by atomic mass is 10.1. The van der Waals surface area contributed by atoms with Crippen LogP contribution in [0.25, 0.3) is 0 Å². The lowest BCUT2D eigenvalue weighted by Crippen LogP contribution is -2.23. The monoisotopic (exact) mass is 382 g/mol. The first kappa shape index (κ1) is 14.1. The first-order valence-electron chi connectivity index (χ1n) is 5.64. The first-order valence-corrected chi connectivity index (χ1v) is 7.23. The summed E-state index contributed by atoms with van der Waals surface area (Å²) in [6.45, 7) is 0.480. The number of nitrogen functional groups attached to an aromatic ring is 1. The third-order valence-electron chi connectivity index (χ3n) is 2.64. The van der Waals surface area contributed by atoms with E-state index in [4.69, 9.17) is 5.73 Å². The maximum Gasteiger partial charge on any atom is 0.252 e. The van der Waals surface area contributed by atoms with Crippen molar-refractivity contribution in [3.05, 3.63) is 62.5 Å². The maximum absolute atomic E-state index is 12.1. The van der Waals surface area contributed by atoms with E-state index >= 15 is 0 Å². The molecule has 2 aromatic rings. The molecule has 0 aliphatic rings. The zero-order valence-electron chi connectivity index (χ0n) is 9.99. The molecule has 5 heteroatoms. The molecular weight excluding hydrogens is 372 g/mol. The van der Waals surface area contributed by atoms with Crippen molar-refractivity contribution in [1.82, 2.24) is 5.32 Å². The van der Waals surface area contributed by atoms with Gasteiger partial charge in [0.1, 0.15) is 0 Å². The molecule has 0 atom stereocenters. The Hall–Kier alpha value is -1.33. The Bertz CT molecular complexity index is 597. The van der Waals surface area contributed by atoms with Crippen LogP contribution in [-0.2, 0) is 6.54 Å². The van der Waals surface area contributed by atoms with E-state index in [1.54, 1.807) is 18.2 Å². The van der Waals surface area contributed by atoms with Crippen LogP contribution in [0.1, 0.15) is 15.9 Å². The predicted octanol–water partition coefficient (Wildman–Crippen LogP) is 3.72. The summed E-state index contributed by atoms with van der Waals surface area (Å²) in [7, 11) is 0. The van der Waals surface area contributed by atoms with Crippen molar-refractivity contribution in [2.75, 3.05) is 5.73 Å². The highest BCUT2D eigenvalue weighted by molar-refractivity contribution is 9.11. The summed E-state index contributed by atoms with van der Waals surface area (Å²) < 4.78 is 1.64. The van der Waals surface area contributed by atoms with E-state index in [2.05, 4.69) is 37.2 Å². The zero-order chi connectivity index (χ0) is 13.8. The summed E-state index contributed by atoms with van der Waals surface area (Å²) in [5, 5.41) is 2.86. The maximum atomic E-state index is 12.1. The van der Waals surface area contributed by atoms with Crippen molar-refractivity contribution in [3.8, 4) is 0 Å². The van der Waals surface area contributed by atoms with Gasteiger partial charge < -0.3 is 11.1 Å². The van der Waals surface area contributed by atoms with Gasteiger partial charge in [-0.1, -0.05) is 34.1 Å². The van der Waals surface area contributed by atoms with Crippen molar-refractivity contribution >= 4 is 43.5 Å². The Balaban J connectivity index is 2.05. The number of benzene rings is 2. The number of hydrogen-bond acceptors (Lipinski definition) is 2. The van der Waals surface area contributed by atoms with Gasteiger partial charge in [0, 0.05) is 16.7 Å². The van der Waals surface area contributed by atoms with E-state index in [0.717, 1.165) is 10.0 Å². The second kappa shape index (κ2) is 6.21. The van der Waals surface area contributed by atoms with E-state index < -0.39 is 0 Å². The molecule has 98 valence electrons. The van der Waals surface area contributed by atoms with Gasteiger partial charge in [0.25, 0.3) is 5.91 Å². The highest BCUT2D eigenvalue weighted by Crippen LogP contribution is 2.23. The molecule has 0 spiro atoms. The number of amides is 1. The summed E-state index contributed by atoms with van der Waals surface area (Å²) in [4.78, 5) is 12.1. The number of carbonyl (C=O) groups excluding carboxylic acids is 1. The highest BCUT2D eigenvalue weighted by atomic mass is 79.9. The topological polar surface area (TPSA) is 55.1 Å². The molecule has 0 aliphatic carbocycles. The highest BCUT2D eigenvalue weighted by Gasteiger charge is 2.11. The number of halogens is 2. The molecule has 3 nitrogen and oxygen atoms in total. The smallest absolute Gasteiger partial charge is 0.252 e. The Morgan fingerprint density at radius 1 is 1.11 bits per heavy atom. The molecule has 2 aromatic carbocycles. The summed E-state index contributed by atoms with van der Waals surface area (Å²) in [5.41, 5.74) is 7.88. The summed E-state index contributed by atoms with van der Waals surface area (Å²) >= 11 is 6.70. The average molecular weight is 384 g/mol. The molecule has 19 heavy (non-hydrogen) atoms. The number of anilines is 1. The van der Waals surface area contributed by atoms with Crippen LogP contribution in [0.15, 0.2) is 51.4 Å². The molecule has 0 radical (unpaired) electrons. The minimum Gasteiger partial charge on any atom is -0.398 e. The second-order valence-electron chi connectivity index (χ2n) is 4.02. The van der Waals surface area contributed by atoms with Crippen LogP contribution in [-0.4, -0.2) is 5.91 Å². The zero-order valence-corrected chi connectivity index (χ0v) is 13.2. The molecule has 0 fully saturated rings. The minimum absolute atomic E-state index is 0.151. The first-order chi connectivity index (χ1) is 9.08. The fraction of sp³-hybridized carbons (Fsp3) is 0.0714. The fourth-order valence-corrected chi connectivity index (χ4v) is 2.31. The van der Waals surface area contributed by atoms with Crippen molar-refractivity contribution < 1.29 is 4.79 Å². The van der Waals surface area contributed by atoms with Gasteiger partial charge in [0.2, 0.25) is 0 Å². The van der Waals surface area contributed by atoms with Crippen LogP contribution < -0.4 is 11.1 Å². The van der Waals surface area contributed by atoms with Crippen molar-refractivity contribution in [2.24, 2.45) is 0 Å². The van der Waals surface area contributed by atoms with Crippen LogP contribution in [0.2, 0.25) is 0 Å². The molecule has 1 amide bonds. The van der Waals surface area contributed by atoms with Gasteiger partial charge in [-0.15, -0.1) is 0 Å². The standard InChI is InChI=1S/C14H12Br2N2O/c15-10-6-4-9(5-7-10)8-18-14(19)11-2-1-3-12(17)13(11)16/h1-7H,8,17H2,(H,18,19). The van der Waals surface area contributed by atoms with Gasteiger partial charge in [0.05, 0.1) is 10.0 Å².